The lowest BCUT2D eigenvalue weighted by atomic mass is 9.66. The van der Waals surface area contributed by atoms with Crippen molar-refractivity contribution >= 4 is 5.78 Å². The summed E-state index contributed by atoms with van der Waals surface area (Å²) < 4.78 is 0. The lowest BCUT2D eigenvalue weighted by Gasteiger charge is -2.37. The van der Waals surface area contributed by atoms with Crippen LogP contribution in [0.25, 0.3) is 0 Å². The zero-order valence-corrected chi connectivity index (χ0v) is 9.75. The average molecular weight is 204 g/mol. The molecular weight excluding hydrogens is 184 g/mol. The molecular formula is C14H20O. The predicted molar refractivity (Wildman–Crippen MR) is 62.6 cm³/mol. The summed E-state index contributed by atoms with van der Waals surface area (Å²) in [6, 6.07) is 0. The summed E-state index contributed by atoms with van der Waals surface area (Å²) in [5.41, 5.74) is 1.42. The first kappa shape index (κ1) is 10.7. The minimum atomic E-state index is 0.0943. The monoisotopic (exact) mass is 204 g/mol. The Morgan fingerprint density at radius 1 is 1.40 bits per heavy atom. The molecule has 2 unspecified atom stereocenters. The van der Waals surface area contributed by atoms with Gasteiger partial charge < -0.3 is 0 Å². The van der Waals surface area contributed by atoms with Gasteiger partial charge in [0.05, 0.1) is 0 Å². The summed E-state index contributed by atoms with van der Waals surface area (Å²) in [6.07, 6.45) is 11.9. The average Bonchev–Trinajstić information content (AvgIpc) is 2.23. The van der Waals surface area contributed by atoms with Gasteiger partial charge >= 0.3 is 0 Å². The molecule has 1 saturated carbocycles. The van der Waals surface area contributed by atoms with Crippen LogP contribution in [-0.2, 0) is 4.79 Å². The van der Waals surface area contributed by atoms with Gasteiger partial charge in [0.25, 0.3) is 0 Å². The highest BCUT2D eigenvalue weighted by Gasteiger charge is 2.37. The first-order valence-corrected chi connectivity index (χ1v) is 6.00. The van der Waals surface area contributed by atoms with Crippen LogP contribution in [-0.4, -0.2) is 5.78 Å². The Balaban J connectivity index is 2.15. The summed E-state index contributed by atoms with van der Waals surface area (Å²) in [6.45, 7) is 4.36. The van der Waals surface area contributed by atoms with Crippen molar-refractivity contribution in [1.82, 2.24) is 0 Å². The number of rotatable bonds is 1. The van der Waals surface area contributed by atoms with Gasteiger partial charge in [-0.25, -0.2) is 0 Å². The fourth-order valence-corrected chi connectivity index (χ4v) is 2.78. The van der Waals surface area contributed by atoms with Crippen LogP contribution in [0, 0.1) is 11.3 Å². The Kier molecular flexibility index (Phi) is 2.81. The number of hydrogen-bond acceptors (Lipinski definition) is 1. The molecule has 2 rings (SSSR count). The third-order valence-corrected chi connectivity index (χ3v) is 3.94. The van der Waals surface area contributed by atoms with Gasteiger partial charge in [0, 0.05) is 12.3 Å². The first-order valence-electron chi connectivity index (χ1n) is 6.00. The third-order valence-electron chi connectivity index (χ3n) is 3.94. The zero-order chi connectivity index (χ0) is 10.9. The molecule has 0 heterocycles. The van der Waals surface area contributed by atoms with Gasteiger partial charge in [-0.15, -0.1) is 0 Å². The second kappa shape index (κ2) is 3.96. The van der Waals surface area contributed by atoms with Crippen molar-refractivity contribution < 1.29 is 4.79 Å². The van der Waals surface area contributed by atoms with E-state index in [0.29, 0.717) is 5.78 Å². The molecule has 0 aromatic heterocycles. The van der Waals surface area contributed by atoms with Crippen molar-refractivity contribution in [3.63, 3.8) is 0 Å². The summed E-state index contributed by atoms with van der Waals surface area (Å²) in [7, 11) is 0. The first-order chi connectivity index (χ1) is 7.12. The van der Waals surface area contributed by atoms with Gasteiger partial charge in [0.2, 0.25) is 0 Å². The largest absolute Gasteiger partial charge is 0.299 e. The Hall–Kier alpha value is -0.850. The van der Waals surface area contributed by atoms with E-state index in [0.717, 1.165) is 25.7 Å². The summed E-state index contributed by atoms with van der Waals surface area (Å²) in [5.74, 6) is 0.758. The Bertz CT molecular complexity index is 324. The summed E-state index contributed by atoms with van der Waals surface area (Å²) in [5, 5.41) is 0. The van der Waals surface area contributed by atoms with Crippen molar-refractivity contribution in [2.75, 3.05) is 0 Å². The SMILES string of the molecule is CC1=CCC(C)(C2CCCCC2=O)C=C1. The van der Waals surface area contributed by atoms with Crippen LogP contribution in [0.4, 0.5) is 0 Å². The van der Waals surface area contributed by atoms with E-state index >= 15 is 0 Å². The molecule has 0 spiro atoms. The normalized spacial score (nSPS) is 36.5. The lowest BCUT2D eigenvalue weighted by molar-refractivity contribution is -0.127. The summed E-state index contributed by atoms with van der Waals surface area (Å²) in [4.78, 5) is 11.9. The Labute approximate surface area is 92.3 Å². The smallest absolute Gasteiger partial charge is 0.136 e. The number of hydrogen-bond donors (Lipinski definition) is 0. The van der Waals surface area contributed by atoms with Crippen LogP contribution in [0.5, 0.6) is 0 Å². The fraction of sp³-hybridized carbons (Fsp3) is 0.643. The quantitative estimate of drug-likeness (QED) is 0.637. The van der Waals surface area contributed by atoms with E-state index in [1.165, 1.54) is 12.0 Å². The highest BCUT2D eigenvalue weighted by Crippen LogP contribution is 2.42. The zero-order valence-electron chi connectivity index (χ0n) is 9.75. The van der Waals surface area contributed by atoms with E-state index in [1.807, 2.05) is 0 Å². The van der Waals surface area contributed by atoms with E-state index in [4.69, 9.17) is 0 Å². The van der Waals surface area contributed by atoms with Crippen LogP contribution in [0.15, 0.2) is 23.8 Å². The second-order valence-corrected chi connectivity index (χ2v) is 5.26. The molecule has 0 aromatic rings. The standard InChI is InChI=1S/C14H20O/c1-11-7-9-14(2,10-8-11)12-5-3-4-6-13(12)15/h7-9,12H,3-6,10H2,1-2H3. The molecule has 2 atom stereocenters. The number of ketones is 1. The van der Waals surface area contributed by atoms with Crippen LogP contribution in [0.3, 0.4) is 0 Å². The molecule has 0 bridgehead atoms. The molecule has 1 fully saturated rings. The van der Waals surface area contributed by atoms with Crippen molar-refractivity contribution in [1.29, 1.82) is 0 Å². The van der Waals surface area contributed by atoms with Crippen molar-refractivity contribution in [3.8, 4) is 0 Å². The molecule has 0 saturated heterocycles. The second-order valence-electron chi connectivity index (χ2n) is 5.26. The number of Topliss-reactive ketones (excluding diaryl/α,β-unsaturated/α-hetero) is 1. The summed E-state index contributed by atoms with van der Waals surface area (Å²) >= 11 is 0. The fourth-order valence-electron chi connectivity index (χ4n) is 2.78. The number of allylic oxidation sites excluding steroid dienone is 4. The Morgan fingerprint density at radius 3 is 2.80 bits per heavy atom. The van der Waals surface area contributed by atoms with Gasteiger partial charge in [-0.1, -0.05) is 37.1 Å². The maximum absolute atomic E-state index is 11.9. The topological polar surface area (TPSA) is 17.1 Å². The molecule has 0 aliphatic heterocycles. The minimum absolute atomic E-state index is 0.0943. The van der Waals surface area contributed by atoms with Crippen LogP contribution in [0.2, 0.25) is 0 Å². The molecule has 2 aliphatic carbocycles. The molecule has 1 heteroatoms. The van der Waals surface area contributed by atoms with Crippen LogP contribution < -0.4 is 0 Å². The molecule has 82 valence electrons. The molecule has 0 N–H and O–H groups in total. The maximum Gasteiger partial charge on any atom is 0.136 e. The van der Waals surface area contributed by atoms with Gasteiger partial charge in [-0.05, 0) is 31.6 Å². The van der Waals surface area contributed by atoms with E-state index in [2.05, 4.69) is 32.1 Å². The van der Waals surface area contributed by atoms with Crippen LogP contribution in [0.1, 0.15) is 46.0 Å². The van der Waals surface area contributed by atoms with Gasteiger partial charge in [-0.2, -0.15) is 0 Å². The van der Waals surface area contributed by atoms with E-state index < -0.39 is 0 Å². The van der Waals surface area contributed by atoms with Crippen LogP contribution >= 0.6 is 0 Å². The Morgan fingerprint density at radius 2 is 2.20 bits per heavy atom. The third kappa shape index (κ3) is 2.06. The molecule has 15 heavy (non-hydrogen) atoms. The van der Waals surface area contributed by atoms with Crippen molar-refractivity contribution in [2.24, 2.45) is 11.3 Å². The van der Waals surface area contributed by atoms with Gasteiger partial charge in [-0.3, -0.25) is 4.79 Å². The van der Waals surface area contributed by atoms with E-state index in [1.54, 1.807) is 0 Å². The molecule has 2 aliphatic rings. The number of carbonyl (C=O) groups excluding carboxylic acids is 1. The maximum atomic E-state index is 11.9. The van der Waals surface area contributed by atoms with Gasteiger partial charge in [0.1, 0.15) is 5.78 Å². The van der Waals surface area contributed by atoms with Gasteiger partial charge in [0.15, 0.2) is 0 Å². The minimum Gasteiger partial charge on any atom is -0.299 e. The lowest BCUT2D eigenvalue weighted by Crippen LogP contribution is -2.34. The van der Waals surface area contributed by atoms with Crippen molar-refractivity contribution in [3.05, 3.63) is 23.8 Å². The predicted octanol–water partition coefficient (Wildman–Crippen LogP) is 3.66. The molecule has 0 aromatic carbocycles. The molecule has 1 nitrogen and oxygen atoms in total. The number of carbonyl (C=O) groups is 1. The van der Waals surface area contributed by atoms with Crippen molar-refractivity contribution in [2.45, 2.75) is 46.0 Å². The highest BCUT2D eigenvalue weighted by molar-refractivity contribution is 5.82. The molecule has 0 amide bonds. The molecule has 0 radical (unpaired) electrons. The highest BCUT2D eigenvalue weighted by atomic mass is 16.1. The van der Waals surface area contributed by atoms with E-state index in [-0.39, 0.29) is 11.3 Å². The van der Waals surface area contributed by atoms with E-state index in [9.17, 15) is 4.79 Å².